The van der Waals surface area contributed by atoms with Gasteiger partial charge in [-0.05, 0) is 23.8 Å². The van der Waals surface area contributed by atoms with Crippen LogP contribution in [0, 0.1) is 10.1 Å². The Bertz CT molecular complexity index is 706. The molecule has 114 valence electrons. The number of carbonyl (C=O) groups excluding carboxylic acids is 2. The van der Waals surface area contributed by atoms with Gasteiger partial charge in [-0.25, -0.2) is 0 Å². The predicted octanol–water partition coefficient (Wildman–Crippen LogP) is 1.73. The summed E-state index contributed by atoms with van der Waals surface area (Å²) in [4.78, 5) is 32.9. The van der Waals surface area contributed by atoms with Crippen molar-refractivity contribution < 1.29 is 18.9 Å². The first-order chi connectivity index (χ1) is 10.5. The maximum absolute atomic E-state index is 11.9. The highest BCUT2D eigenvalue weighted by Crippen LogP contribution is 2.17. The molecule has 1 aromatic heterocycles. The molecule has 1 aromatic carbocycles. The van der Waals surface area contributed by atoms with Gasteiger partial charge in [0.25, 0.3) is 5.91 Å². The van der Waals surface area contributed by atoms with Crippen LogP contribution in [0.2, 0.25) is 0 Å². The van der Waals surface area contributed by atoms with Crippen molar-refractivity contribution in [2.75, 3.05) is 12.4 Å². The summed E-state index contributed by atoms with van der Waals surface area (Å²) in [6, 6.07) is 9.01. The van der Waals surface area contributed by atoms with Gasteiger partial charge in [-0.1, -0.05) is 12.1 Å². The van der Waals surface area contributed by atoms with Crippen LogP contribution in [0.5, 0.6) is 0 Å². The molecular weight excluding hydrogens is 290 g/mol. The summed E-state index contributed by atoms with van der Waals surface area (Å²) in [7, 11) is 1.56. The van der Waals surface area contributed by atoms with E-state index < -0.39 is 16.7 Å². The summed E-state index contributed by atoms with van der Waals surface area (Å²) < 4.78 is 4.81. The van der Waals surface area contributed by atoms with Crippen molar-refractivity contribution in [3.63, 3.8) is 0 Å². The minimum atomic E-state index is -0.718. The standard InChI is InChI=1S/C14H13N3O5/c1-15-12(18)8-9-2-4-10(5-3-9)16-14(19)11-6-7-13(22-11)17(20)21/h2-7H,8H2,1H3,(H,15,18)(H,16,19). The van der Waals surface area contributed by atoms with Crippen LogP contribution < -0.4 is 10.6 Å². The topological polar surface area (TPSA) is 114 Å². The smallest absolute Gasteiger partial charge is 0.395 e. The van der Waals surface area contributed by atoms with Gasteiger partial charge in [0.1, 0.15) is 4.92 Å². The highest BCUT2D eigenvalue weighted by atomic mass is 16.6. The number of anilines is 1. The molecule has 1 heterocycles. The third-order valence-corrected chi connectivity index (χ3v) is 2.85. The van der Waals surface area contributed by atoms with Gasteiger partial charge in [-0.15, -0.1) is 0 Å². The second kappa shape index (κ2) is 6.53. The normalized spacial score (nSPS) is 10.0. The SMILES string of the molecule is CNC(=O)Cc1ccc(NC(=O)c2ccc([N+](=O)[O-])o2)cc1. The van der Waals surface area contributed by atoms with Crippen LogP contribution in [0.1, 0.15) is 16.1 Å². The second-order valence-corrected chi connectivity index (χ2v) is 4.40. The largest absolute Gasteiger partial charge is 0.433 e. The maximum atomic E-state index is 11.9. The molecule has 22 heavy (non-hydrogen) atoms. The zero-order chi connectivity index (χ0) is 16.1. The molecule has 0 fully saturated rings. The Balaban J connectivity index is 2.02. The Morgan fingerprint density at radius 3 is 2.41 bits per heavy atom. The van der Waals surface area contributed by atoms with Crippen molar-refractivity contribution in [2.45, 2.75) is 6.42 Å². The lowest BCUT2D eigenvalue weighted by atomic mass is 10.1. The van der Waals surface area contributed by atoms with Gasteiger partial charge >= 0.3 is 5.88 Å². The molecule has 8 nitrogen and oxygen atoms in total. The molecule has 8 heteroatoms. The third kappa shape index (κ3) is 3.69. The fraction of sp³-hybridized carbons (Fsp3) is 0.143. The van der Waals surface area contributed by atoms with Crippen LogP contribution >= 0.6 is 0 Å². The van der Waals surface area contributed by atoms with Gasteiger partial charge in [-0.3, -0.25) is 19.7 Å². The summed E-state index contributed by atoms with van der Waals surface area (Å²) in [6.07, 6.45) is 0.245. The van der Waals surface area contributed by atoms with E-state index in [-0.39, 0.29) is 18.1 Å². The van der Waals surface area contributed by atoms with E-state index in [2.05, 4.69) is 10.6 Å². The zero-order valence-corrected chi connectivity index (χ0v) is 11.7. The Labute approximate surface area is 125 Å². The van der Waals surface area contributed by atoms with Gasteiger partial charge in [0.2, 0.25) is 5.91 Å². The van der Waals surface area contributed by atoms with E-state index in [1.165, 1.54) is 6.07 Å². The molecular formula is C14H13N3O5. The molecule has 0 saturated carbocycles. The number of hydrogen-bond donors (Lipinski definition) is 2. The zero-order valence-electron chi connectivity index (χ0n) is 11.7. The van der Waals surface area contributed by atoms with Crippen LogP contribution in [0.4, 0.5) is 11.6 Å². The van der Waals surface area contributed by atoms with Crippen LogP contribution in [0.15, 0.2) is 40.8 Å². The van der Waals surface area contributed by atoms with E-state index in [4.69, 9.17) is 4.42 Å². The molecule has 0 bridgehead atoms. The number of rotatable bonds is 5. The molecule has 0 radical (unpaired) electrons. The van der Waals surface area contributed by atoms with E-state index in [9.17, 15) is 19.7 Å². The number of benzene rings is 1. The lowest BCUT2D eigenvalue weighted by molar-refractivity contribution is -0.402. The number of likely N-dealkylation sites (N-methyl/N-ethyl adjacent to an activating group) is 1. The van der Waals surface area contributed by atoms with Crippen LogP contribution in [-0.4, -0.2) is 23.8 Å². The van der Waals surface area contributed by atoms with Gasteiger partial charge in [0, 0.05) is 12.7 Å². The Morgan fingerprint density at radius 2 is 1.86 bits per heavy atom. The molecule has 0 atom stereocenters. The first-order valence-corrected chi connectivity index (χ1v) is 6.34. The molecule has 0 aliphatic rings. The number of nitrogens with zero attached hydrogens (tertiary/aromatic N) is 1. The Kier molecular flexibility index (Phi) is 4.52. The van der Waals surface area contributed by atoms with Crippen molar-refractivity contribution in [1.82, 2.24) is 5.32 Å². The third-order valence-electron chi connectivity index (χ3n) is 2.85. The van der Waals surface area contributed by atoms with Gasteiger partial charge in [0.05, 0.1) is 12.5 Å². The van der Waals surface area contributed by atoms with Crippen molar-refractivity contribution in [2.24, 2.45) is 0 Å². The lowest BCUT2D eigenvalue weighted by Gasteiger charge is -2.05. The van der Waals surface area contributed by atoms with E-state index in [1.807, 2.05) is 0 Å². The monoisotopic (exact) mass is 303 g/mol. The lowest BCUT2D eigenvalue weighted by Crippen LogP contribution is -2.19. The maximum Gasteiger partial charge on any atom is 0.433 e. The highest BCUT2D eigenvalue weighted by molar-refractivity contribution is 6.02. The molecule has 0 aliphatic heterocycles. The number of hydrogen-bond acceptors (Lipinski definition) is 5. The molecule has 0 aliphatic carbocycles. The summed E-state index contributed by atoms with van der Waals surface area (Å²) in [5.74, 6) is -1.35. The minimum absolute atomic E-state index is 0.111. The summed E-state index contributed by atoms with van der Waals surface area (Å²) in [6.45, 7) is 0. The number of nitro groups is 1. The van der Waals surface area contributed by atoms with Crippen LogP contribution in [0.25, 0.3) is 0 Å². The first kappa shape index (κ1) is 15.2. The molecule has 2 aromatic rings. The summed E-state index contributed by atoms with van der Waals surface area (Å²) >= 11 is 0. The van der Waals surface area contributed by atoms with Crippen LogP contribution in [0.3, 0.4) is 0 Å². The number of carbonyl (C=O) groups is 2. The molecule has 2 rings (SSSR count). The fourth-order valence-electron chi connectivity index (χ4n) is 1.72. The second-order valence-electron chi connectivity index (χ2n) is 4.40. The van der Waals surface area contributed by atoms with Crippen molar-refractivity contribution in [3.05, 3.63) is 57.8 Å². The van der Waals surface area contributed by atoms with Crippen molar-refractivity contribution in [3.8, 4) is 0 Å². The van der Waals surface area contributed by atoms with E-state index in [1.54, 1.807) is 31.3 Å². The van der Waals surface area contributed by atoms with Crippen molar-refractivity contribution in [1.29, 1.82) is 0 Å². The highest BCUT2D eigenvalue weighted by Gasteiger charge is 2.17. The first-order valence-electron chi connectivity index (χ1n) is 6.34. The molecule has 0 spiro atoms. The Hall–Kier alpha value is -3.16. The van der Waals surface area contributed by atoms with Crippen LogP contribution in [-0.2, 0) is 11.2 Å². The van der Waals surface area contributed by atoms with E-state index in [0.717, 1.165) is 11.6 Å². The van der Waals surface area contributed by atoms with Gasteiger partial charge in [-0.2, -0.15) is 0 Å². The van der Waals surface area contributed by atoms with E-state index >= 15 is 0 Å². The predicted molar refractivity (Wildman–Crippen MR) is 77.5 cm³/mol. The molecule has 0 saturated heterocycles. The average Bonchev–Trinajstić information content (AvgIpc) is 2.99. The van der Waals surface area contributed by atoms with Crippen molar-refractivity contribution >= 4 is 23.4 Å². The number of nitrogens with one attached hydrogen (secondary N) is 2. The number of furan rings is 1. The molecule has 2 amide bonds. The fourth-order valence-corrected chi connectivity index (χ4v) is 1.72. The average molecular weight is 303 g/mol. The molecule has 2 N–H and O–H groups in total. The summed E-state index contributed by atoms with van der Waals surface area (Å²) in [5.41, 5.74) is 1.29. The quantitative estimate of drug-likeness (QED) is 0.644. The Morgan fingerprint density at radius 1 is 1.18 bits per heavy atom. The van der Waals surface area contributed by atoms with Gasteiger partial charge in [0.15, 0.2) is 5.76 Å². The minimum Gasteiger partial charge on any atom is -0.395 e. The molecule has 0 unspecified atom stereocenters. The number of amides is 2. The van der Waals surface area contributed by atoms with E-state index in [0.29, 0.717) is 5.69 Å². The van der Waals surface area contributed by atoms with Gasteiger partial charge < -0.3 is 15.1 Å². The summed E-state index contributed by atoms with van der Waals surface area (Å²) in [5, 5.41) is 15.6.